The third kappa shape index (κ3) is 4.50. The second-order valence-electron chi connectivity index (χ2n) is 7.24. The van der Waals surface area contributed by atoms with Gasteiger partial charge in [0.25, 0.3) is 0 Å². The molecule has 4 rings (SSSR count). The van der Waals surface area contributed by atoms with Gasteiger partial charge in [-0.2, -0.15) is 11.8 Å². The van der Waals surface area contributed by atoms with E-state index in [1.807, 2.05) is 43.1 Å². The average molecular weight is 408 g/mol. The first kappa shape index (κ1) is 19.6. The molecule has 1 aliphatic rings. The van der Waals surface area contributed by atoms with Crippen LogP contribution in [0, 0.1) is 13.8 Å². The molecule has 0 spiro atoms. The third-order valence-electron chi connectivity index (χ3n) is 5.00. The van der Waals surface area contributed by atoms with Crippen LogP contribution in [-0.4, -0.2) is 45.1 Å². The van der Waals surface area contributed by atoms with Gasteiger partial charge in [-0.05, 0) is 38.3 Å². The molecule has 7 heteroatoms. The quantitative estimate of drug-likeness (QED) is 0.633. The molecular formula is C22H25N5OS. The highest BCUT2D eigenvalue weighted by atomic mass is 32.2. The molecule has 1 aliphatic heterocycles. The molecule has 0 aromatic carbocycles. The Kier molecular flexibility index (Phi) is 5.94. The Morgan fingerprint density at radius 1 is 1.14 bits per heavy atom. The predicted molar refractivity (Wildman–Crippen MR) is 118 cm³/mol. The van der Waals surface area contributed by atoms with Gasteiger partial charge in [0.2, 0.25) is 0 Å². The van der Waals surface area contributed by atoms with E-state index in [4.69, 9.17) is 4.74 Å². The molecule has 150 valence electrons. The molecule has 1 N–H and O–H groups in total. The summed E-state index contributed by atoms with van der Waals surface area (Å²) in [6, 6.07) is 8.16. The molecule has 0 aliphatic carbocycles. The molecule has 1 atom stereocenters. The second kappa shape index (κ2) is 8.78. The Labute approximate surface area is 175 Å². The summed E-state index contributed by atoms with van der Waals surface area (Å²) in [5.74, 6) is 3.08. The minimum absolute atomic E-state index is 0.304. The number of nitrogens with zero attached hydrogens (tertiary/aromatic N) is 4. The van der Waals surface area contributed by atoms with Gasteiger partial charge in [-0.1, -0.05) is 0 Å². The van der Waals surface area contributed by atoms with Gasteiger partial charge in [0.1, 0.15) is 17.9 Å². The van der Waals surface area contributed by atoms with Crippen molar-refractivity contribution in [3.05, 3.63) is 59.4 Å². The van der Waals surface area contributed by atoms with E-state index in [1.165, 1.54) is 5.56 Å². The second-order valence-corrected chi connectivity index (χ2v) is 8.15. The van der Waals surface area contributed by atoms with Crippen molar-refractivity contribution in [3.8, 4) is 17.0 Å². The van der Waals surface area contributed by atoms with Crippen molar-refractivity contribution in [3.63, 3.8) is 0 Å². The van der Waals surface area contributed by atoms with Crippen LogP contribution in [-0.2, 0) is 6.42 Å². The molecule has 3 aromatic heterocycles. The number of ether oxygens (including phenoxy) is 1. The van der Waals surface area contributed by atoms with Crippen molar-refractivity contribution in [2.24, 2.45) is 0 Å². The van der Waals surface area contributed by atoms with Crippen LogP contribution >= 0.6 is 11.8 Å². The lowest BCUT2D eigenvalue weighted by molar-refractivity contribution is 0.352. The van der Waals surface area contributed by atoms with Gasteiger partial charge in [-0.15, -0.1) is 0 Å². The van der Waals surface area contributed by atoms with Gasteiger partial charge in [0.05, 0.1) is 18.0 Å². The molecule has 4 heterocycles. The smallest absolute Gasteiger partial charge is 0.144 e. The molecule has 1 unspecified atom stereocenters. The minimum atomic E-state index is 0.304. The van der Waals surface area contributed by atoms with E-state index in [-0.39, 0.29) is 0 Å². The highest BCUT2D eigenvalue weighted by molar-refractivity contribution is 7.98. The number of pyridine rings is 2. The summed E-state index contributed by atoms with van der Waals surface area (Å²) in [6.07, 6.45) is 6.47. The highest BCUT2D eigenvalue weighted by Crippen LogP contribution is 2.35. The van der Waals surface area contributed by atoms with E-state index in [0.29, 0.717) is 5.92 Å². The fourth-order valence-corrected chi connectivity index (χ4v) is 4.26. The van der Waals surface area contributed by atoms with Crippen LogP contribution in [0.3, 0.4) is 0 Å². The molecule has 0 saturated heterocycles. The Morgan fingerprint density at radius 3 is 2.83 bits per heavy atom. The fourth-order valence-electron chi connectivity index (χ4n) is 3.56. The van der Waals surface area contributed by atoms with Crippen LogP contribution in [0.2, 0.25) is 0 Å². The number of nitrogens with one attached hydrogen (secondary N) is 1. The number of fused-ring (bicyclic) bond motifs is 1. The molecule has 3 aromatic rings. The van der Waals surface area contributed by atoms with Crippen molar-refractivity contribution in [2.75, 3.05) is 30.5 Å². The zero-order valence-electron chi connectivity index (χ0n) is 17.0. The van der Waals surface area contributed by atoms with Crippen molar-refractivity contribution in [1.29, 1.82) is 0 Å². The first-order valence-electron chi connectivity index (χ1n) is 9.75. The summed E-state index contributed by atoms with van der Waals surface area (Å²) >= 11 is 1.84. The number of aromatic nitrogens is 4. The molecule has 6 nitrogen and oxygen atoms in total. The topological polar surface area (TPSA) is 72.8 Å². The third-order valence-corrected chi connectivity index (χ3v) is 5.73. The summed E-state index contributed by atoms with van der Waals surface area (Å²) in [6.45, 7) is 5.52. The lowest BCUT2D eigenvalue weighted by Gasteiger charge is -2.20. The standard InChI is InChI=1S/C22H25N5OS/c1-14-4-5-16(10-23-14)20-9-21(26-13-25-20)24-11-17(12-29-3)18-8-15(2)27-19-6-7-28-22(18)19/h4-5,8-10,13,17H,6-7,11-12H2,1-3H3,(H,24,25,26). The maximum absolute atomic E-state index is 5.92. The predicted octanol–water partition coefficient (Wildman–Crippen LogP) is 4.04. The van der Waals surface area contributed by atoms with Crippen LogP contribution in [0.25, 0.3) is 11.3 Å². The first-order chi connectivity index (χ1) is 14.1. The highest BCUT2D eigenvalue weighted by Gasteiger charge is 2.24. The summed E-state index contributed by atoms with van der Waals surface area (Å²) in [5.41, 5.74) is 6.21. The van der Waals surface area contributed by atoms with E-state index in [9.17, 15) is 0 Å². The lowest BCUT2D eigenvalue weighted by atomic mass is 9.98. The maximum Gasteiger partial charge on any atom is 0.144 e. The van der Waals surface area contributed by atoms with Gasteiger partial charge in [0.15, 0.2) is 0 Å². The van der Waals surface area contributed by atoms with Crippen LogP contribution in [0.15, 0.2) is 36.8 Å². The van der Waals surface area contributed by atoms with Gasteiger partial charge in [-0.3, -0.25) is 9.97 Å². The van der Waals surface area contributed by atoms with E-state index in [1.54, 1.807) is 6.33 Å². The largest absolute Gasteiger partial charge is 0.491 e. The van der Waals surface area contributed by atoms with E-state index in [2.05, 4.69) is 44.5 Å². The Hall–Kier alpha value is -2.67. The van der Waals surface area contributed by atoms with E-state index in [0.717, 1.165) is 65.2 Å². The molecule has 29 heavy (non-hydrogen) atoms. The zero-order valence-corrected chi connectivity index (χ0v) is 17.8. The van der Waals surface area contributed by atoms with E-state index < -0.39 is 0 Å². The van der Waals surface area contributed by atoms with Gasteiger partial charge < -0.3 is 10.1 Å². The Morgan fingerprint density at radius 2 is 2.03 bits per heavy atom. The molecule has 0 saturated carbocycles. The summed E-state index contributed by atoms with van der Waals surface area (Å²) in [7, 11) is 0. The molecule has 0 radical (unpaired) electrons. The molecular weight excluding hydrogens is 382 g/mol. The SMILES string of the molecule is CSCC(CNc1cc(-c2ccc(C)nc2)ncn1)c1cc(C)nc2c1OCC2. The molecule has 0 bridgehead atoms. The van der Waals surface area contributed by atoms with E-state index >= 15 is 0 Å². The number of aryl methyl sites for hydroxylation is 2. The summed E-state index contributed by atoms with van der Waals surface area (Å²) in [5, 5.41) is 3.50. The zero-order chi connectivity index (χ0) is 20.2. The van der Waals surface area contributed by atoms with Crippen molar-refractivity contribution in [2.45, 2.75) is 26.2 Å². The van der Waals surface area contributed by atoms with Crippen molar-refractivity contribution < 1.29 is 4.74 Å². The van der Waals surface area contributed by atoms with Crippen LogP contribution < -0.4 is 10.1 Å². The lowest BCUT2D eigenvalue weighted by Crippen LogP contribution is -2.17. The molecule has 0 fully saturated rings. The maximum atomic E-state index is 5.92. The number of hydrogen-bond donors (Lipinski definition) is 1. The van der Waals surface area contributed by atoms with Gasteiger partial charge in [0, 0.05) is 59.4 Å². The molecule has 0 amide bonds. The average Bonchev–Trinajstić information content (AvgIpc) is 3.20. The minimum Gasteiger partial charge on any atom is -0.491 e. The number of rotatable bonds is 7. The Balaban J connectivity index is 1.54. The number of hydrogen-bond acceptors (Lipinski definition) is 7. The van der Waals surface area contributed by atoms with Gasteiger partial charge in [-0.25, -0.2) is 9.97 Å². The summed E-state index contributed by atoms with van der Waals surface area (Å²) in [4.78, 5) is 17.8. The van der Waals surface area contributed by atoms with Crippen molar-refractivity contribution in [1.82, 2.24) is 19.9 Å². The van der Waals surface area contributed by atoms with Crippen LogP contribution in [0.5, 0.6) is 5.75 Å². The van der Waals surface area contributed by atoms with Gasteiger partial charge >= 0.3 is 0 Å². The fraction of sp³-hybridized carbons (Fsp3) is 0.364. The number of thioether (sulfide) groups is 1. The summed E-state index contributed by atoms with van der Waals surface area (Å²) < 4.78 is 5.92. The van der Waals surface area contributed by atoms with Crippen LogP contribution in [0.1, 0.15) is 28.6 Å². The monoisotopic (exact) mass is 407 g/mol. The number of anilines is 1. The Bertz CT molecular complexity index is 993. The van der Waals surface area contributed by atoms with Crippen LogP contribution in [0.4, 0.5) is 5.82 Å². The van der Waals surface area contributed by atoms with Crippen molar-refractivity contribution >= 4 is 17.6 Å². The first-order valence-corrected chi connectivity index (χ1v) is 11.1. The normalized spacial score (nSPS) is 13.6.